The number of urea groups is 1. The Kier molecular flexibility index (Phi) is 4.05. The predicted octanol–water partition coefficient (Wildman–Crippen LogP) is -1.14. The zero-order valence-electron chi connectivity index (χ0n) is 9.12. The van der Waals surface area contributed by atoms with Crippen LogP contribution in [-0.2, 0) is 4.79 Å². The van der Waals surface area contributed by atoms with Crippen LogP contribution in [0.25, 0.3) is 0 Å². The van der Waals surface area contributed by atoms with Gasteiger partial charge in [-0.2, -0.15) is 0 Å². The molecular formula is C9H18N4O2. The number of carbonyl (C=O) groups is 2. The Bertz CT molecular complexity index is 256. The summed E-state index contributed by atoms with van der Waals surface area (Å²) in [6, 6.07) is -0.836. The molecule has 1 saturated heterocycles. The molecule has 1 unspecified atom stereocenters. The maximum atomic E-state index is 11.5. The number of imide groups is 1. The van der Waals surface area contributed by atoms with Crippen LogP contribution in [-0.4, -0.2) is 48.6 Å². The Balaban J connectivity index is 2.53. The standard InChI is InChI=1S/C9H18N4O2/c1-6-5-11-3-4-13(6)7(2)8(14)12-9(10)15/h6-7,11H,3-5H2,1-2H3,(H3,10,12,14,15)/t6-,7?/m1/s1. The number of primary amides is 1. The minimum absolute atomic E-state index is 0.285. The van der Waals surface area contributed by atoms with Gasteiger partial charge in [0.1, 0.15) is 0 Å². The number of hydrogen-bond donors (Lipinski definition) is 3. The first kappa shape index (κ1) is 11.9. The molecule has 1 rings (SSSR count). The second kappa shape index (κ2) is 5.09. The lowest BCUT2D eigenvalue weighted by Crippen LogP contribution is -2.57. The summed E-state index contributed by atoms with van der Waals surface area (Å²) < 4.78 is 0. The Hall–Kier alpha value is -1.14. The Morgan fingerprint density at radius 2 is 2.27 bits per heavy atom. The minimum atomic E-state index is -0.797. The Morgan fingerprint density at radius 3 is 2.80 bits per heavy atom. The van der Waals surface area contributed by atoms with Crippen molar-refractivity contribution in [2.45, 2.75) is 25.9 Å². The van der Waals surface area contributed by atoms with Crippen LogP contribution in [0.15, 0.2) is 0 Å². The van der Waals surface area contributed by atoms with Gasteiger partial charge in [-0.15, -0.1) is 0 Å². The van der Waals surface area contributed by atoms with Gasteiger partial charge in [0.05, 0.1) is 6.04 Å². The minimum Gasteiger partial charge on any atom is -0.351 e. The summed E-state index contributed by atoms with van der Waals surface area (Å²) in [4.78, 5) is 24.1. The van der Waals surface area contributed by atoms with E-state index in [0.29, 0.717) is 0 Å². The van der Waals surface area contributed by atoms with Gasteiger partial charge in [-0.1, -0.05) is 0 Å². The lowest BCUT2D eigenvalue weighted by Gasteiger charge is -2.37. The van der Waals surface area contributed by atoms with E-state index in [2.05, 4.69) is 15.5 Å². The van der Waals surface area contributed by atoms with Crippen molar-refractivity contribution in [3.05, 3.63) is 0 Å². The molecule has 0 radical (unpaired) electrons. The van der Waals surface area contributed by atoms with Crippen molar-refractivity contribution in [2.75, 3.05) is 19.6 Å². The zero-order valence-corrected chi connectivity index (χ0v) is 9.12. The van der Waals surface area contributed by atoms with Crippen LogP contribution >= 0.6 is 0 Å². The van der Waals surface area contributed by atoms with E-state index >= 15 is 0 Å². The molecular weight excluding hydrogens is 196 g/mol. The summed E-state index contributed by atoms with van der Waals surface area (Å²) in [6.45, 7) is 6.33. The third kappa shape index (κ3) is 3.17. The fourth-order valence-corrected chi connectivity index (χ4v) is 1.81. The van der Waals surface area contributed by atoms with E-state index in [1.165, 1.54) is 0 Å². The molecule has 1 fully saturated rings. The zero-order chi connectivity index (χ0) is 11.4. The molecule has 6 heteroatoms. The van der Waals surface area contributed by atoms with Crippen molar-refractivity contribution in [1.29, 1.82) is 0 Å². The van der Waals surface area contributed by atoms with Crippen LogP contribution in [0.1, 0.15) is 13.8 Å². The van der Waals surface area contributed by atoms with Crippen molar-refractivity contribution in [2.24, 2.45) is 5.73 Å². The van der Waals surface area contributed by atoms with Crippen molar-refractivity contribution in [3.63, 3.8) is 0 Å². The molecule has 1 aliphatic rings. The average molecular weight is 214 g/mol. The summed E-state index contributed by atoms with van der Waals surface area (Å²) in [5.74, 6) is -0.337. The molecule has 86 valence electrons. The van der Waals surface area contributed by atoms with E-state index in [0.717, 1.165) is 19.6 Å². The lowest BCUT2D eigenvalue weighted by molar-refractivity contribution is -0.125. The van der Waals surface area contributed by atoms with E-state index in [1.807, 2.05) is 6.92 Å². The quantitative estimate of drug-likeness (QED) is 0.542. The number of nitrogens with two attached hydrogens (primary N) is 1. The Labute approximate surface area is 89.2 Å². The third-order valence-electron chi connectivity index (χ3n) is 2.68. The number of amides is 3. The van der Waals surface area contributed by atoms with E-state index in [1.54, 1.807) is 6.92 Å². The van der Waals surface area contributed by atoms with E-state index < -0.39 is 6.03 Å². The molecule has 2 atom stereocenters. The fourth-order valence-electron chi connectivity index (χ4n) is 1.81. The smallest absolute Gasteiger partial charge is 0.318 e. The highest BCUT2D eigenvalue weighted by molar-refractivity contribution is 5.96. The molecule has 3 amide bonds. The molecule has 0 aromatic heterocycles. The van der Waals surface area contributed by atoms with Gasteiger partial charge >= 0.3 is 6.03 Å². The van der Waals surface area contributed by atoms with Crippen molar-refractivity contribution >= 4 is 11.9 Å². The highest BCUT2D eigenvalue weighted by atomic mass is 16.2. The van der Waals surface area contributed by atoms with E-state index in [4.69, 9.17) is 5.73 Å². The highest BCUT2D eigenvalue weighted by Gasteiger charge is 2.27. The summed E-state index contributed by atoms with van der Waals surface area (Å²) in [6.07, 6.45) is 0. The van der Waals surface area contributed by atoms with Gasteiger partial charge in [-0.25, -0.2) is 4.79 Å². The monoisotopic (exact) mass is 214 g/mol. The molecule has 0 aromatic rings. The molecule has 0 aromatic carbocycles. The van der Waals surface area contributed by atoms with Crippen LogP contribution in [0, 0.1) is 0 Å². The Morgan fingerprint density at radius 1 is 1.60 bits per heavy atom. The number of piperazine rings is 1. The van der Waals surface area contributed by atoms with Gasteiger partial charge < -0.3 is 11.1 Å². The van der Waals surface area contributed by atoms with E-state index in [-0.39, 0.29) is 18.0 Å². The highest BCUT2D eigenvalue weighted by Crippen LogP contribution is 2.07. The first-order valence-corrected chi connectivity index (χ1v) is 5.09. The number of nitrogens with one attached hydrogen (secondary N) is 2. The van der Waals surface area contributed by atoms with Crippen LogP contribution in [0.3, 0.4) is 0 Å². The largest absolute Gasteiger partial charge is 0.351 e. The van der Waals surface area contributed by atoms with Gasteiger partial charge in [-0.3, -0.25) is 15.0 Å². The first-order chi connectivity index (χ1) is 7.02. The molecule has 0 spiro atoms. The number of carbonyl (C=O) groups excluding carboxylic acids is 2. The number of hydrogen-bond acceptors (Lipinski definition) is 4. The van der Waals surface area contributed by atoms with Gasteiger partial charge in [0.25, 0.3) is 0 Å². The molecule has 15 heavy (non-hydrogen) atoms. The maximum Gasteiger partial charge on any atom is 0.318 e. The van der Waals surface area contributed by atoms with Crippen molar-refractivity contribution in [3.8, 4) is 0 Å². The van der Waals surface area contributed by atoms with Crippen LogP contribution in [0.5, 0.6) is 0 Å². The normalized spacial score (nSPS) is 24.5. The lowest BCUT2D eigenvalue weighted by atomic mass is 10.1. The number of nitrogens with zero attached hydrogens (tertiary/aromatic N) is 1. The van der Waals surface area contributed by atoms with Gasteiger partial charge in [0, 0.05) is 25.7 Å². The predicted molar refractivity (Wildman–Crippen MR) is 56.2 cm³/mol. The molecule has 1 heterocycles. The van der Waals surface area contributed by atoms with Crippen LogP contribution in [0.2, 0.25) is 0 Å². The fraction of sp³-hybridized carbons (Fsp3) is 0.778. The number of rotatable bonds is 2. The van der Waals surface area contributed by atoms with E-state index in [9.17, 15) is 9.59 Å². The second-order valence-corrected chi connectivity index (χ2v) is 3.82. The molecule has 0 aliphatic carbocycles. The van der Waals surface area contributed by atoms with Crippen LogP contribution in [0.4, 0.5) is 4.79 Å². The molecule has 6 nitrogen and oxygen atoms in total. The van der Waals surface area contributed by atoms with Gasteiger partial charge in [0.2, 0.25) is 5.91 Å². The van der Waals surface area contributed by atoms with Crippen LogP contribution < -0.4 is 16.4 Å². The topological polar surface area (TPSA) is 87.5 Å². The second-order valence-electron chi connectivity index (χ2n) is 3.82. The summed E-state index contributed by atoms with van der Waals surface area (Å²) in [7, 11) is 0. The third-order valence-corrected chi connectivity index (χ3v) is 2.68. The SMILES string of the molecule is CC(C(=O)NC(N)=O)N1CCNC[C@H]1C. The molecule has 0 saturated carbocycles. The summed E-state index contributed by atoms with van der Waals surface area (Å²) >= 11 is 0. The molecule has 0 bridgehead atoms. The molecule has 1 aliphatic heterocycles. The van der Waals surface area contributed by atoms with Crippen molar-refractivity contribution < 1.29 is 9.59 Å². The van der Waals surface area contributed by atoms with Gasteiger partial charge in [-0.05, 0) is 13.8 Å². The first-order valence-electron chi connectivity index (χ1n) is 5.09. The summed E-state index contributed by atoms with van der Waals surface area (Å²) in [5, 5.41) is 5.33. The average Bonchev–Trinajstić information content (AvgIpc) is 2.16. The summed E-state index contributed by atoms with van der Waals surface area (Å²) in [5.41, 5.74) is 4.89. The van der Waals surface area contributed by atoms with Gasteiger partial charge in [0.15, 0.2) is 0 Å². The van der Waals surface area contributed by atoms with Crippen molar-refractivity contribution in [1.82, 2.24) is 15.5 Å². The maximum absolute atomic E-state index is 11.5. The molecule has 4 N–H and O–H groups in total.